The number of hydrogen-bond acceptors (Lipinski definition) is 2. The third-order valence-corrected chi connectivity index (χ3v) is 1.68. The van der Waals surface area contributed by atoms with Crippen molar-refractivity contribution in [1.82, 2.24) is 4.57 Å². The van der Waals surface area contributed by atoms with Gasteiger partial charge in [-0.3, -0.25) is 4.79 Å². The number of aliphatic hydroxyl groups is 1. The van der Waals surface area contributed by atoms with Gasteiger partial charge in [0.05, 0.1) is 13.0 Å². The monoisotopic (exact) mass is 169 g/mol. The van der Waals surface area contributed by atoms with Gasteiger partial charge >= 0.3 is 5.97 Å². The van der Waals surface area contributed by atoms with Gasteiger partial charge in [-0.25, -0.2) is 0 Å². The molecule has 1 aromatic rings. The third-order valence-electron chi connectivity index (χ3n) is 1.68. The fourth-order valence-corrected chi connectivity index (χ4v) is 1.10. The Hall–Kier alpha value is -1.29. The third kappa shape index (κ3) is 1.85. The standard InChI is InChI=1S/C8H11NO3/c1-9-4-6(5-10)2-7(9)3-8(11)12/h2,4,10H,3,5H2,1H3,(H,11,12). The van der Waals surface area contributed by atoms with Gasteiger partial charge in [0.15, 0.2) is 0 Å². The lowest BCUT2D eigenvalue weighted by Crippen LogP contribution is -2.04. The SMILES string of the molecule is Cn1cc(CO)cc1CC(=O)O. The van der Waals surface area contributed by atoms with Crippen LogP contribution in [-0.2, 0) is 24.9 Å². The molecule has 0 atom stereocenters. The van der Waals surface area contributed by atoms with E-state index in [1.807, 2.05) is 0 Å². The molecule has 1 aromatic heterocycles. The topological polar surface area (TPSA) is 62.5 Å². The molecule has 66 valence electrons. The van der Waals surface area contributed by atoms with E-state index in [9.17, 15) is 4.79 Å². The molecule has 0 unspecified atom stereocenters. The summed E-state index contributed by atoms with van der Waals surface area (Å²) < 4.78 is 1.71. The first kappa shape index (κ1) is 8.80. The Labute approximate surface area is 70.1 Å². The van der Waals surface area contributed by atoms with Crippen LogP contribution in [0.25, 0.3) is 0 Å². The molecular weight excluding hydrogens is 158 g/mol. The Morgan fingerprint density at radius 3 is 2.75 bits per heavy atom. The molecule has 1 rings (SSSR count). The minimum Gasteiger partial charge on any atom is -0.481 e. The summed E-state index contributed by atoms with van der Waals surface area (Å²) in [5.41, 5.74) is 1.44. The summed E-state index contributed by atoms with van der Waals surface area (Å²) in [6.45, 7) is -0.0482. The molecule has 0 aliphatic carbocycles. The second-order valence-corrected chi connectivity index (χ2v) is 2.68. The minimum absolute atomic E-state index is 0.00347. The van der Waals surface area contributed by atoms with Crippen molar-refractivity contribution >= 4 is 5.97 Å². The zero-order valence-electron chi connectivity index (χ0n) is 6.82. The second-order valence-electron chi connectivity index (χ2n) is 2.68. The molecule has 0 amide bonds. The van der Waals surface area contributed by atoms with Crippen molar-refractivity contribution < 1.29 is 15.0 Å². The zero-order chi connectivity index (χ0) is 9.14. The number of aliphatic carboxylic acids is 1. The van der Waals surface area contributed by atoms with Crippen LogP contribution in [0.15, 0.2) is 12.3 Å². The summed E-state index contributed by atoms with van der Waals surface area (Å²) >= 11 is 0. The van der Waals surface area contributed by atoms with Gasteiger partial charge in [0.1, 0.15) is 0 Å². The van der Waals surface area contributed by atoms with Crippen LogP contribution in [0, 0.1) is 0 Å². The van der Waals surface area contributed by atoms with Crippen LogP contribution in [0.2, 0.25) is 0 Å². The molecule has 4 nitrogen and oxygen atoms in total. The van der Waals surface area contributed by atoms with E-state index in [2.05, 4.69) is 0 Å². The Morgan fingerprint density at radius 2 is 2.33 bits per heavy atom. The number of aliphatic hydroxyl groups excluding tert-OH is 1. The lowest BCUT2D eigenvalue weighted by molar-refractivity contribution is -0.136. The molecule has 0 aromatic carbocycles. The van der Waals surface area contributed by atoms with Gasteiger partial charge in [0, 0.05) is 18.9 Å². The molecule has 0 aliphatic heterocycles. The quantitative estimate of drug-likeness (QED) is 0.676. The summed E-state index contributed by atoms with van der Waals surface area (Å²) in [5.74, 6) is -0.860. The first-order valence-corrected chi connectivity index (χ1v) is 3.60. The highest BCUT2D eigenvalue weighted by atomic mass is 16.4. The molecule has 0 spiro atoms. The maximum atomic E-state index is 10.3. The Balaban J connectivity index is 2.84. The minimum atomic E-state index is -0.860. The van der Waals surface area contributed by atoms with Gasteiger partial charge < -0.3 is 14.8 Å². The van der Waals surface area contributed by atoms with E-state index in [0.717, 1.165) is 5.56 Å². The van der Waals surface area contributed by atoms with Crippen LogP contribution in [0.4, 0.5) is 0 Å². The van der Waals surface area contributed by atoms with E-state index >= 15 is 0 Å². The number of carboxylic acid groups (broad SMARTS) is 1. The first-order chi connectivity index (χ1) is 5.63. The maximum Gasteiger partial charge on any atom is 0.309 e. The van der Waals surface area contributed by atoms with E-state index in [1.165, 1.54) is 0 Å². The van der Waals surface area contributed by atoms with Crippen molar-refractivity contribution in [2.75, 3.05) is 0 Å². The Bertz CT molecular complexity index is 290. The van der Waals surface area contributed by atoms with Crippen molar-refractivity contribution in [2.24, 2.45) is 7.05 Å². The smallest absolute Gasteiger partial charge is 0.309 e. The molecular formula is C8H11NO3. The van der Waals surface area contributed by atoms with Crippen molar-refractivity contribution in [3.63, 3.8) is 0 Å². The van der Waals surface area contributed by atoms with Crippen LogP contribution in [-0.4, -0.2) is 20.7 Å². The van der Waals surface area contributed by atoms with Gasteiger partial charge in [0.25, 0.3) is 0 Å². The van der Waals surface area contributed by atoms with Gasteiger partial charge in [0.2, 0.25) is 0 Å². The molecule has 12 heavy (non-hydrogen) atoms. The van der Waals surface area contributed by atoms with E-state index < -0.39 is 5.97 Å². The van der Waals surface area contributed by atoms with Crippen LogP contribution in [0.5, 0.6) is 0 Å². The first-order valence-electron chi connectivity index (χ1n) is 3.60. The summed E-state index contributed by atoms with van der Waals surface area (Å²) in [6, 6.07) is 1.69. The van der Waals surface area contributed by atoms with Crippen LogP contribution in [0.1, 0.15) is 11.3 Å². The predicted molar refractivity (Wildman–Crippen MR) is 42.7 cm³/mol. The number of rotatable bonds is 3. The molecule has 2 N–H and O–H groups in total. The highest BCUT2D eigenvalue weighted by molar-refractivity contribution is 5.69. The van der Waals surface area contributed by atoms with Gasteiger partial charge in [-0.15, -0.1) is 0 Å². The van der Waals surface area contributed by atoms with E-state index in [1.54, 1.807) is 23.9 Å². The predicted octanol–water partition coefficient (Wildman–Crippen LogP) is 0.145. The lowest BCUT2D eigenvalue weighted by Gasteiger charge is -1.96. The summed E-state index contributed by atoms with van der Waals surface area (Å²) in [5, 5.41) is 17.2. The van der Waals surface area contributed by atoms with Crippen LogP contribution < -0.4 is 0 Å². The number of carbonyl (C=O) groups is 1. The molecule has 1 heterocycles. The number of hydrogen-bond donors (Lipinski definition) is 2. The fraction of sp³-hybridized carbons (Fsp3) is 0.375. The van der Waals surface area contributed by atoms with Crippen molar-refractivity contribution in [3.8, 4) is 0 Å². The normalized spacial score (nSPS) is 10.2. The highest BCUT2D eigenvalue weighted by Crippen LogP contribution is 2.07. The molecule has 0 saturated heterocycles. The summed E-state index contributed by atoms with van der Waals surface area (Å²) in [7, 11) is 1.76. The molecule has 0 bridgehead atoms. The largest absolute Gasteiger partial charge is 0.481 e. The summed E-state index contributed by atoms with van der Waals surface area (Å²) in [6.07, 6.45) is 1.72. The van der Waals surface area contributed by atoms with E-state index in [-0.39, 0.29) is 13.0 Å². The maximum absolute atomic E-state index is 10.3. The lowest BCUT2D eigenvalue weighted by atomic mass is 10.3. The number of carboxylic acids is 1. The molecule has 0 aliphatic rings. The van der Waals surface area contributed by atoms with Crippen molar-refractivity contribution in [3.05, 3.63) is 23.5 Å². The van der Waals surface area contributed by atoms with Gasteiger partial charge in [-0.05, 0) is 11.6 Å². The second kappa shape index (κ2) is 3.40. The summed E-state index contributed by atoms with van der Waals surface area (Å²) in [4.78, 5) is 10.3. The molecule has 0 saturated carbocycles. The zero-order valence-corrected chi connectivity index (χ0v) is 6.82. The van der Waals surface area contributed by atoms with Gasteiger partial charge in [-0.1, -0.05) is 0 Å². The van der Waals surface area contributed by atoms with Crippen molar-refractivity contribution in [2.45, 2.75) is 13.0 Å². The number of aromatic nitrogens is 1. The Morgan fingerprint density at radius 1 is 1.67 bits per heavy atom. The average molecular weight is 169 g/mol. The van der Waals surface area contributed by atoms with Gasteiger partial charge in [-0.2, -0.15) is 0 Å². The highest BCUT2D eigenvalue weighted by Gasteiger charge is 2.05. The van der Waals surface area contributed by atoms with Crippen molar-refractivity contribution in [1.29, 1.82) is 0 Å². The van der Waals surface area contributed by atoms with E-state index in [4.69, 9.17) is 10.2 Å². The van der Waals surface area contributed by atoms with E-state index in [0.29, 0.717) is 5.69 Å². The number of nitrogens with zero attached hydrogens (tertiary/aromatic N) is 1. The van der Waals surface area contributed by atoms with Crippen LogP contribution in [0.3, 0.4) is 0 Å². The Kier molecular flexibility index (Phi) is 2.50. The van der Waals surface area contributed by atoms with Crippen LogP contribution >= 0.6 is 0 Å². The average Bonchev–Trinajstić information content (AvgIpc) is 2.31. The fourth-order valence-electron chi connectivity index (χ4n) is 1.10. The molecule has 0 fully saturated rings. The molecule has 4 heteroatoms. The molecule has 0 radical (unpaired) electrons. The number of aryl methyl sites for hydroxylation is 1.